The minimum atomic E-state index is 0.699. The Morgan fingerprint density at radius 2 is 1.76 bits per heavy atom. The van der Waals surface area contributed by atoms with Crippen LogP contribution in [-0.2, 0) is 0 Å². The van der Waals surface area contributed by atoms with Crippen molar-refractivity contribution in [1.82, 2.24) is 5.32 Å². The first-order chi connectivity index (χ1) is 8.24. The van der Waals surface area contributed by atoms with E-state index in [0.29, 0.717) is 6.04 Å². The maximum absolute atomic E-state index is 10.0. The molecule has 0 radical (unpaired) electrons. The van der Waals surface area contributed by atoms with Gasteiger partial charge in [0.15, 0.2) is 0 Å². The van der Waals surface area contributed by atoms with Crippen LogP contribution in [0, 0.1) is 0 Å². The van der Waals surface area contributed by atoms with Gasteiger partial charge in [0.25, 0.3) is 0 Å². The van der Waals surface area contributed by atoms with Crippen LogP contribution in [0.2, 0.25) is 0 Å². The van der Waals surface area contributed by atoms with Gasteiger partial charge in [0.1, 0.15) is 6.29 Å². The lowest BCUT2D eigenvalue weighted by atomic mass is 10.2. The molecule has 0 heterocycles. The molecule has 0 saturated heterocycles. The highest BCUT2D eigenvalue weighted by Gasteiger charge is 1.91. The number of carbonyl (C=O) groups is 1. The summed E-state index contributed by atoms with van der Waals surface area (Å²) < 4.78 is 0. The molecule has 1 unspecified atom stereocenters. The van der Waals surface area contributed by atoms with Crippen molar-refractivity contribution in [3.8, 4) is 0 Å². The summed E-state index contributed by atoms with van der Waals surface area (Å²) in [7, 11) is 2.00. The molecule has 17 heavy (non-hydrogen) atoms. The molecular formula is C15H27NO. The molecule has 0 spiro atoms. The summed E-state index contributed by atoms with van der Waals surface area (Å²) in [6.07, 6.45) is 3.40. The lowest BCUT2D eigenvalue weighted by Gasteiger charge is -2.05. The van der Waals surface area contributed by atoms with Crippen LogP contribution in [0.3, 0.4) is 0 Å². The van der Waals surface area contributed by atoms with E-state index < -0.39 is 0 Å². The first-order valence-corrected chi connectivity index (χ1v) is 6.42. The van der Waals surface area contributed by atoms with Crippen LogP contribution in [0.5, 0.6) is 0 Å². The monoisotopic (exact) mass is 237 g/mol. The van der Waals surface area contributed by atoms with Crippen LogP contribution in [-0.4, -0.2) is 19.4 Å². The molecule has 0 fully saturated rings. The van der Waals surface area contributed by atoms with Crippen LogP contribution < -0.4 is 5.32 Å². The summed E-state index contributed by atoms with van der Waals surface area (Å²) in [5.74, 6) is 0. The third-order valence-electron chi connectivity index (χ3n) is 2.15. The van der Waals surface area contributed by atoms with Crippen LogP contribution in [0.15, 0.2) is 30.3 Å². The second kappa shape index (κ2) is 14.8. The summed E-state index contributed by atoms with van der Waals surface area (Å²) in [4.78, 5) is 10.0. The molecule has 0 aliphatic carbocycles. The van der Waals surface area contributed by atoms with Crippen molar-refractivity contribution in [3.63, 3.8) is 0 Å². The lowest BCUT2D eigenvalue weighted by molar-refractivity contribution is 0.112. The molecule has 1 N–H and O–H groups in total. The van der Waals surface area contributed by atoms with E-state index in [2.05, 4.69) is 19.2 Å². The molecule has 2 heteroatoms. The van der Waals surface area contributed by atoms with E-state index in [1.165, 1.54) is 12.8 Å². The second-order valence-corrected chi connectivity index (χ2v) is 3.51. The van der Waals surface area contributed by atoms with Gasteiger partial charge in [-0.15, -0.1) is 0 Å². The summed E-state index contributed by atoms with van der Waals surface area (Å²) in [6, 6.07) is 9.80. The normalized spacial score (nSPS) is 10.2. The fourth-order valence-electron chi connectivity index (χ4n) is 1.11. The maximum atomic E-state index is 10.0. The largest absolute Gasteiger partial charge is 0.317 e. The van der Waals surface area contributed by atoms with E-state index in [0.717, 1.165) is 11.8 Å². The third-order valence-corrected chi connectivity index (χ3v) is 2.15. The molecule has 0 aromatic heterocycles. The average molecular weight is 237 g/mol. The van der Waals surface area contributed by atoms with Crippen molar-refractivity contribution < 1.29 is 4.79 Å². The summed E-state index contributed by atoms with van der Waals surface area (Å²) in [6.45, 7) is 8.40. The fourth-order valence-corrected chi connectivity index (χ4v) is 1.11. The van der Waals surface area contributed by atoms with Crippen molar-refractivity contribution in [2.75, 3.05) is 7.05 Å². The first kappa shape index (κ1) is 18.2. The van der Waals surface area contributed by atoms with Gasteiger partial charge in [-0.3, -0.25) is 4.79 Å². The quantitative estimate of drug-likeness (QED) is 0.804. The number of hydrogen-bond donors (Lipinski definition) is 1. The summed E-state index contributed by atoms with van der Waals surface area (Å²) in [5.41, 5.74) is 0.729. The van der Waals surface area contributed by atoms with Crippen LogP contribution in [0.4, 0.5) is 0 Å². The number of nitrogens with one attached hydrogen (secondary N) is 1. The molecule has 0 aliphatic rings. The van der Waals surface area contributed by atoms with E-state index in [9.17, 15) is 4.79 Å². The Balaban J connectivity index is 0. The van der Waals surface area contributed by atoms with Crippen molar-refractivity contribution in [2.24, 2.45) is 0 Å². The minimum absolute atomic E-state index is 0.699. The van der Waals surface area contributed by atoms with Crippen molar-refractivity contribution >= 4 is 6.29 Å². The standard InChI is InChI=1S/C7H6O.C6H15N.C2H6/c8-6-7-4-2-1-3-5-7;1-4-5-6(2)7-3;1-2/h1-6H;6-7H,4-5H2,1-3H3;1-2H3. The topological polar surface area (TPSA) is 29.1 Å². The van der Waals surface area contributed by atoms with E-state index >= 15 is 0 Å². The predicted octanol–water partition coefficient (Wildman–Crippen LogP) is 3.92. The Labute approximate surface area is 106 Å². The van der Waals surface area contributed by atoms with Gasteiger partial charge in [0.2, 0.25) is 0 Å². The van der Waals surface area contributed by atoms with Crippen LogP contribution >= 0.6 is 0 Å². The number of carbonyl (C=O) groups excluding carboxylic acids is 1. The Bertz CT molecular complexity index is 246. The molecule has 1 aromatic carbocycles. The zero-order chi connectivity index (χ0) is 13.5. The van der Waals surface area contributed by atoms with E-state index in [-0.39, 0.29) is 0 Å². The lowest BCUT2D eigenvalue weighted by Crippen LogP contribution is -2.20. The van der Waals surface area contributed by atoms with E-state index in [4.69, 9.17) is 0 Å². The molecule has 98 valence electrons. The number of aldehydes is 1. The third kappa shape index (κ3) is 12.8. The van der Waals surface area contributed by atoms with Crippen molar-refractivity contribution in [1.29, 1.82) is 0 Å². The van der Waals surface area contributed by atoms with Gasteiger partial charge in [-0.25, -0.2) is 0 Å². The van der Waals surface area contributed by atoms with Crippen molar-refractivity contribution in [2.45, 2.75) is 46.6 Å². The van der Waals surface area contributed by atoms with Crippen molar-refractivity contribution in [3.05, 3.63) is 35.9 Å². The minimum Gasteiger partial charge on any atom is -0.317 e. The number of rotatable bonds is 4. The number of hydrogen-bond acceptors (Lipinski definition) is 2. The maximum Gasteiger partial charge on any atom is 0.150 e. The molecular weight excluding hydrogens is 210 g/mol. The molecule has 0 bridgehead atoms. The molecule has 0 aliphatic heterocycles. The number of benzene rings is 1. The Morgan fingerprint density at radius 1 is 1.24 bits per heavy atom. The SMILES string of the molecule is CC.CCCC(C)NC.O=Cc1ccccc1. The Morgan fingerprint density at radius 3 is 2.00 bits per heavy atom. The van der Waals surface area contributed by atoms with E-state index in [1.54, 1.807) is 12.1 Å². The van der Waals surface area contributed by atoms with Gasteiger partial charge < -0.3 is 5.32 Å². The summed E-state index contributed by atoms with van der Waals surface area (Å²) in [5, 5.41) is 3.17. The van der Waals surface area contributed by atoms with Gasteiger partial charge in [-0.2, -0.15) is 0 Å². The molecule has 0 saturated carbocycles. The predicted molar refractivity (Wildman–Crippen MR) is 76.6 cm³/mol. The highest BCUT2D eigenvalue weighted by molar-refractivity contribution is 5.74. The van der Waals surface area contributed by atoms with Gasteiger partial charge in [0.05, 0.1) is 0 Å². The van der Waals surface area contributed by atoms with Gasteiger partial charge in [0, 0.05) is 11.6 Å². The molecule has 0 amide bonds. The van der Waals surface area contributed by atoms with Crippen LogP contribution in [0.25, 0.3) is 0 Å². The first-order valence-electron chi connectivity index (χ1n) is 6.42. The fraction of sp³-hybridized carbons (Fsp3) is 0.533. The highest BCUT2D eigenvalue weighted by Crippen LogP contribution is 1.92. The molecule has 1 rings (SSSR count). The molecule has 2 nitrogen and oxygen atoms in total. The van der Waals surface area contributed by atoms with Gasteiger partial charge >= 0.3 is 0 Å². The zero-order valence-corrected chi connectivity index (χ0v) is 11.9. The summed E-state index contributed by atoms with van der Waals surface area (Å²) >= 11 is 0. The highest BCUT2D eigenvalue weighted by atomic mass is 16.1. The second-order valence-electron chi connectivity index (χ2n) is 3.51. The Hall–Kier alpha value is -1.15. The Kier molecular flexibility index (Phi) is 15.9. The average Bonchev–Trinajstić information content (AvgIpc) is 2.43. The van der Waals surface area contributed by atoms with E-state index in [1.807, 2.05) is 39.1 Å². The molecule has 1 atom stereocenters. The van der Waals surface area contributed by atoms with Gasteiger partial charge in [-0.05, 0) is 20.4 Å². The van der Waals surface area contributed by atoms with Crippen LogP contribution in [0.1, 0.15) is 50.9 Å². The smallest absolute Gasteiger partial charge is 0.150 e. The van der Waals surface area contributed by atoms with Gasteiger partial charge in [-0.1, -0.05) is 57.5 Å². The molecule has 1 aromatic rings. The zero-order valence-electron chi connectivity index (χ0n) is 11.9.